The molecule has 0 atom stereocenters. The van der Waals surface area contributed by atoms with Gasteiger partial charge in [-0.25, -0.2) is 0 Å². The molecule has 0 unspecified atom stereocenters. The summed E-state index contributed by atoms with van der Waals surface area (Å²) in [6.07, 6.45) is 1.64. The van der Waals surface area contributed by atoms with Crippen LogP contribution in [0.4, 0.5) is 0 Å². The number of hydrogen-bond acceptors (Lipinski definition) is 5. The minimum absolute atomic E-state index is 0.634. The quantitative estimate of drug-likeness (QED) is 0.443. The Morgan fingerprint density at radius 1 is 0.962 bits per heavy atom. The van der Waals surface area contributed by atoms with Crippen LogP contribution in [0.15, 0.2) is 76.5 Å². The molecule has 7 heteroatoms. The number of thioether (sulfide) groups is 1. The SMILES string of the molecule is Clc1ccccc1-c1nnc(SCc2ccno2)n1Cc1ccccc1. The highest BCUT2D eigenvalue weighted by Crippen LogP contribution is 2.31. The third kappa shape index (κ3) is 3.66. The molecule has 4 aromatic rings. The number of rotatable bonds is 6. The molecule has 0 N–H and O–H groups in total. The average Bonchev–Trinajstić information content (AvgIpc) is 3.32. The zero-order chi connectivity index (χ0) is 17.8. The number of halogens is 1. The third-order valence-corrected chi connectivity index (χ3v) is 5.17. The van der Waals surface area contributed by atoms with Gasteiger partial charge in [0.1, 0.15) is 5.76 Å². The third-order valence-electron chi connectivity index (χ3n) is 3.85. The van der Waals surface area contributed by atoms with Crippen molar-refractivity contribution >= 4 is 23.4 Å². The Balaban J connectivity index is 1.70. The maximum atomic E-state index is 6.39. The second kappa shape index (κ2) is 7.76. The Bertz CT molecular complexity index is 986. The summed E-state index contributed by atoms with van der Waals surface area (Å²) in [5.41, 5.74) is 2.03. The van der Waals surface area contributed by atoms with Crippen molar-refractivity contribution in [1.29, 1.82) is 0 Å². The Morgan fingerprint density at radius 3 is 2.54 bits per heavy atom. The van der Waals surface area contributed by atoms with Gasteiger partial charge in [-0.1, -0.05) is 71.0 Å². The highest BCUT2D eigenvalue weighted by Gasteiger charge is 2.17. The second-order valence-corrected chi connectivity index (χ2v) is 6.97. The van der Waals surface area contributed by atoms with Crippen molar-refractivity contribution in [3.8, 4) is 11.4 Å². The molecule has 0 fully saturated rings. The van der Waals surface area contributed by atoms with Crippen LogP contribution in [0, 0.1) is 0 Å². The van der Waals surface area contributed by atoms with Crippen LogP contribution in [0.2, 0.25) is 5.02 Å². The molecule has 4 rings (SSSR count). The van der Waals surface area contributed by atoms with Crippen molar-refractivity contribution in [2.45, 2.75) is 17.5 Å². The van der Waals surface area contributed by atoms with Crippen LogP contribution in [0.3, 0.4) is 0 Å². The number of aromatic nitrogens is 4. The summed E-state index contributed by atoms with van der Waals surface area (Å²) in [6, 6.07) is 19.7. The van der Waals surface area contributed by atoms with Gasteiger partial charge >= 0.3 is 0 Å². The van der Waals surface area contributed by atoms with E-state index in [-0.39, 0.29) is 0 Å². The van der Waals surface area contributed by atoms with E-state index in [1.807, 2.05) is 48.5 Å². The maximum absolute atomic E-state index is 6.39. The van der Waals surface area contributed by atoms with E-state index in [0.29, 0.717) is 17.3 Å². The van der Waals surface area contributed by atoms with Gasteiger partial charge in [-0.15, -0.1) is 10.2 Å². The summed E-state index contributed by atoms with van der Waals surface area (Å²) in [5, 5.41) is 14.0. The van der Waals surface area contributed by atoms with Gasteiger partial charge in [-0.3, -0.25) is 4.57 Å². The van der Waals surface area contributed by atoms with Gasteiger partial charge in [-0.05, 0) is 17.7 Å². The lowest BCUT2D eigenvalue weighted by atomic mass is 10.2. The van der Waals surface area contributed by atoms with Crippen molar-refractivity contribution in [3.63, 3.8) is 0 Å². The monoisotopic (exact) mass is 382 g/mol. The van der Waals surface area contributed by atoms with Gasteiger partial charge in [0.25, 0.3) is 0 Å². The Labute approximate surface area is 160 Å². The summed E-state index contributed by atoms with van der Waals surface area (Å²) in [6.45, 7) is 0.660. The highest BCUT2D eigenvalue weighted by atomic mass is 35.5. The zero-order valence-corrected chi connectivity index (χ0v) is 15.3. The number of benzene rings is 2. The van der Waals surface area contributed by atoms with Gasteiger partial charge in [0, 0.05) is 11.6 Å². The van der Waals surface area contributed by atoms with Crippen LogP contribution < -0.4 is 0 Å². The fourth-order valence-electron chi connectivity index (χ4n) is 2.60. The standard InChI is InChI=1S/C19H15ClN4OS/c20-17-9-5-4-8-16(17)18-22-23-19(26-13-15-10-11-21-25-15)24(18)12-14-6-2-1-3-7-14/h1-11H,12-13H2. The molecular weight excluding hydrogens is 368 g/mol. The number of hydrogen-bond donors (Lipinski definition) is 0. The van der Waals surface area contributed by atoms with Crippen molar-refractivity contribution in [2.24, 2.45) is 0 Å². The Kier molecular flexibility index (Phi) is 5.04. The van der Waals surface area contributed by atoms with Crippen molar-refractivity contribution in [1.82, 2.24) is 19.9 Å². The van der Waals surface area contributed by atoms with E-state index in [0.717, 1.165) is 22.3 Å². The lowest BCUT2D eigenvalue weighted by molar-refractivity contribution is 0.395. The molecule has 0 spiro atoms. The molecule has 0 aliphatic heterocycles. The van der Waals surface area contributed by atoms with Gasteiger partial charge < -0.3 is 4.52 Å². The van der Waals surface area contributed by atoms with E-state index in [1.54, 1.807) is 18.0 Å². The normalized spacial score (nSPS) is 11.0. The largest absolute Gasteiger partial charge is 0.361 e. The lowest BCUT2D eigenvalue weighted by Crippen LogP contribution is -2.04. The fraction of sp³-hybridized carbons (Fsp3) is 0.105. The van der Waals surface area contributed by atoms with Crippen LogP contribution >= 0.6 is 23.4 Å². The average molecular weight is 383 g/mol. The first kappa shape index (κ1) is 16.9. The van der Waals surface area contributed by atoms with Crippen molar-refractivity contribution in [3.05, 3.63) is 83.2 Å². The molecule has 2 heterocycles. The van der Waals surface area contributed by atoms with E-state index in [2.05, 4.69) is 32.1 Å². The molecule has 0 saturated heterocycles. The van der Waals surface area contributed by atoms with E-state index in [9.17, 15) is 0 Å². The lowest BCUT2D eigenvalue weighted by Gasteiger charge is -2.11. The highest BCUT2D eigenvalue weighted by molar-refractivity contribution is 7.98. The molecule has 0 saturated carbocycles. The van der Waals surface area contributed by atoms with Crippen LogP contribution in [0.5, 0.6) is 0 Å². The molecule has 0 aliphatic rings. The summed E-state index contributed by atoms with van der Waals surface area (Å²) in [5.74, 6) is 2.18. The first-order valence-electron chi connectivity index (χ1n) is 8.05. The molecule has 130 valence electrons. The van der Waals surface area contributed by atoms with Crippen LogP contribution in [-0.2, 0) is 12.3 Å². The summed E-state index contributed by atoms with van der Waals surface area (Å²) in [4.78, 5) is 0. The van der Waals surface area contributed by atoms with Gasteiger partial charge in [0.15, 0.2) is 11.0 Å². The molecular formula is C19H15ClN4OS. The minimum atomic E-state index is 0.634. The molecule has 2 aromatic heterocycles. The summed E-state index contributed by atoms with van der Waals surface area (Å²) in [7, 11) is 0. The van der Waals surface area contributed by atoms with E-state index >= 15 is 0 Å². The number of nitrogens with zero attached hydrogens (tertiary/aromatic N) is 4. The summed E-state index contributed by atoms with van der Waals surface area (Å²) < 4.78 is 7.26. The molecule has 2 aromatic carbocycles. The van der Waals surface area contributed by atoms with Gasteiger partial charge in [0.2, 0.25) is 0 Å². The molecule has 5 nitrogen and oxygen atoms in total. The molecule has 0 amide bonds. The van der Waals surface area contributed by atoms with E-state index < -0.39 is 0 Å². The van der Waals surface area contributed by atoms with Crippen molar-refractivity contribution in [2.75, 3.05) is 0 Å². The Morgan fingerprint density at radius 2 is 1.77 bits per heavy atom. The first-order chi connectivity index (χ1) is 12.8. The summed E-state index contributed by atoms with van der Waals surface area (Å²) >= 11 is 7.95. The topological polar surface area (TPSA) is 56.7 Å². The smallest absolute Gasteiger partial charge is 0.192 e. The van der Waals surface area contributed by atoms with Crippen LogP contribution in [0.25, 0.3) is 11.4 Å². The van der Waals surface area contributed by atoms with E-state index in [1.165, 1.54) is 5.56 Å². The molecule has 0 radical (unpaired) electrons. The minimum Gasteiger partial charge on any atom is -0.361 e. The predicted molar refractivity (Wildman–Crippen MR) is 102 cm³/mol. The predicted octanol–water partition coefficient (Wildman–Crippen LogP) is 4.93. The Hall–Kier alpha value is -2.57. The molecule has 0 aliphatic carbocycles. The first-order valence-corrected chi connectivity index (χ1v) is 9.42. The fourth-order valence-corrected chi connectivity index (χ4v) is 3.64. The van der Waals surface area contributed by atoms with Crippen molar-refractivity contribution < 1.29 is 4.52 Å². The van der Waals surface area contributed by atoms with Crippen LogP contribution in [-0.4, -0.2) is 19.9 Å². The van der Waals surface area contributed by atoms with E-state index in [4.69, 9.17) is 16.1 Å². The van der Waals surface area contributed by atoms with Gasteiger partial charge in [-0.2, -0.15) is 0 Å². The van der Waals surface area contributed by atoms with Gasteiger partial charge in [0.05, 0.1) is 23.5 Å². The second-order valence-electron chi connectivity index (χ2n) is 5.63. The maximum Gasteiger partial charge on any atom is 0.192 e. The molecule has 0 bridgehead atoms. The van der Waals surface area contributed by atoms with Crippen LogP contribution in [0.1, 0.15) is 11.3 Å². The molecule has 26 heavy (non-hydrogen) atoms. The zero-order valence-electron chi connectivity index (χ0n) is 13.7.